The Morgan fingerprint density at radius 3 is 2.68 bits per heavy atom. The predicted octanol–water partition coefficient (Wildman–Crippen LogP) is 4.09. The van der Waals surface area contributed by atoms with Crippen molar-refractivity contribution in [1.29, 1.82) is 0 Å². The second-order valence-electron chi connectivity index (χ2n) is 7.32. The Hall–Kier alpha value is -3.33. The van der Waals surface area contributed by atoms with Gasteiger partial charge in [0.25, 0.3) is 11.8 Å². The largest absolute Gasteiger partial charge is 0.493 e. The highest BCUT2D eigenvalue weighted by molar-refractivity contribution is 7.14. The van der Waals surface area contributed by atoms with Crippen LogP contribution in [0.25, 0.3) is 0 Å². The third-order valence-corrected chi connectivity index (χ3v) is 5.86. The van der Waals surface area contributed by atoms with Crippen molar-refractivity contribution in [1.82, 2.24) is 10.5 Å². The molecule has 4 rings (SSSR count). The van der Waals surface area contributed by atoms with Crippen molar-refractivity contribution in [2.24, 2.45) is 0 Å². The number of thiophene rings is 1. The topological polar surface area (TPSA) is 103 Å². The van der Waals surface area contributed by atoms with E-state index < -0.39 is 0 Å². The highest BCUT2D eigenvalue weighted by atomic mass is 32.1. The zero-order valence-corrected chi connectivity index (χ0v) is 18.3. The Morgan fingerprint density at radius 1 is 1.19 bits per heavy atom. The molecule has 0 saturated heterocycles. The van der Waals surface area contributed by atoms with Crippen LogP contribution in [0.5, 0.6) is 11.5 Å². The highest BCUT2D eigenvalue weighted by Gasteiger charge is 2.25. The number of rotatable bonds is 8. The lowest BCUT2D eigenvalue weighted by atomic mass is 10.1. The van der Waals surface area contributed by atoms with Gasteiger partial charge < -0.3 is 24.6 Å². The number of benzene rings is 1. The maximum Gasteiger partial charge on any atom is 0.256 e. The van der Waals surface area contributed by atoms with Crippen LogP contribution in [-0.2, 0) is 6.61 Å². The number of nitrogens with one attached hydrogen (secondary N) is 2. The molecule has 162 valence electrons. The van der Waals surface area contributed by atoms with Gasteiger partial charge in [-0.2, -0.15) is 0 Å². The Bertz CT molecular complexity index is 1100. The molecule has 31 heavy (non-hydrogen) atoms. The van der Waals surface area contributed by atoms with Gasteiger partial charge in [0.1, 0.15) is 17.4 Å². The molecular weight excluding hydrogens is 418 g/mol. The van der Waals surface area contributed by atoms with Crippen molar-refractivity contribution in [3.63, 3.8) is 0 Å². The molecule has 9 heteroatoms. The summed E-state index contributed by atoms with van der Waals surface area (Å²) in [6, 6.07) is 6.90. The van der Waals surface area contributed by atoms with Crippen LogP contribution in [0.1, 0.15) is 50.6 Å². The van der Waals surface area contributed by atoms with Crippen molar-refractivity contribution in [3.05, 3.63) is 57.8 Å². The first-order valence-electron chi connectivity index (χ1n) is 9.88. The fourth-order valence-electron chi connectivity index (χ4n) is 3.04. The summed E-state index contributed by atoms with van der Waals surface area (Å²) in [5, 5.41) is 12.0. The summed E-state index contributed by atoms with van der Waals surface area (Å²) < 4.78 is 16.4. The van der Waals surface area contributed by atoms with Crippen molar-refractivity contribution < 1.29 is 23.6 Å². The molecule has 0 aliphatic heterocycles. The Labute approximate surface area is 183 Å². The Morgan fingerprint density at radius 2 is 2.00 bits per heavy atom. The lowest BCUT2D eigenvalue weighted by Crippen LogP contribution is -2.26. The van der Waals surface area contributed by atoms with Gasteiger partial charge in [0.2, 0.25) is 0 Å². The third-order valence-electron chi connectivity index (χ3n) is 5.03. The highest BCUT2D eigenvalue weighted by Crippen LogP contribution is 2.31. The van der Waals surface area contributed by atoms with E-state index in [1.54, 1.807) is 29.6 Å². The molecule has 8 nitrogen and oxygen atoms in total. The van der Waals surface area contributed by atoms with E-state index in [4.69, 9.17) is 14.0 Å². The summed E-state index contributed by atoms with van der Waals surface area (Å²) in [7, 11) is 1.51. The number of hydrogen-bond donors (Lipinski definition) is 2. The molecular formula is C22H23N3O5S. The number of aromatic nitrogens is 1. The second kappa shape index (κ2) is 8.81. The summed E-state index contributed by atoms with van der Waals surface area (Å²) in [5.41, 5.74) is 2.50. The van der Waals surface area contributed by atoms with Crippen LogP contribution < -0.4 is 20.1 Å². The van der Waals surface area contributed by atoms with Gasteiger partial charge in [-0.3, -0.25) is 9.59 Å². The van der Waals surface area contributed by atoms with E-state index in [0.29, 0.717) is 33.4 Å². The quantitative estimate of drug-likeness (QED) is 0.546. The van der Waals surface area contributed by atoms with Crippen molar-refractivity contribution in [2.45, 2.75) is 39.3 Å². The van der Waals surface area contributed by atoms with E-state index in [1.807, 2.05) is 13.8 Å². The van der Waals surface area contributed by atoms with E-state index in [-0.39, 0.29) is 24.5 Å². The van der Waals surface area contributed by atoms with Crippen LogP contribution in [0.4, 0.5) is 5.00 Å². The van der Waals surface area contributed by atoms with Crippen LogP contribution in [-0.4, -0.2) is 30.1 Å². The van der Waals surface area contributed by atoms with Crippen LogP contribution in [0, 0.1) is 13.8 Å². The molecule has 1 aromatic carbocycles. The molecule has 0 radical (unpaired) electrons. The molecule has 0 bridgehead atoms. The minimum Gasteiger partial charge on any atom is -0.493 e. The number of carbonyl (C=O) groups is 2. The van der Waals surface area contributed by atoms with Crippen LogP contribution in [0.3, 0.4) is 0 Å². The number of anilines is 1. The van der Waals surface area contributed by atoms with Gasteiger partial charge in [-0.25, -0.2) is 0 Å². The maximum atomic E-state index is 12.8. The summed E-state index contributed by atoms with van der Waals surface area (Å²) >= 11 is 1.31. The van der Waals surface area contributed by atoms with Crippen molar-refractivity contribution in [3.8, 4) is 11.5 Å². The number of aryl methyl sites for hydroxylation is 2. The first-order valence-corrected chi connectivity index (χ1v) is 10.8. The van der Waals surface area contributed by atoms with Gasteiger partial charge in [-0.15, -0.1) is 11.3 Å². The summed E-state index contributed by atoms with van der Waals surface area (Å²) in [5.74, 6) is 1.13. The van der Waals surface area contributed by atoms with E-state index >= 15 is 0 Å². The standard InChI is InChI=1S/C22H23N3O5S/c1-12-17(13(2)30-25-12)11-29-18-7-4-14(10-19(18)28-3)20(26)24-22-16(8-9-31-22)21(27)23-15-5-6-15/h4,7-10,15H,5-6,11H2,1-3H3,(H,23,27)(H,24,26). The molecule has 1 aliphatic carbocycles. The van der Waals surface area contributed by atoms with Gasteiger partial charge in [0.15, 0.2) is 11.5 Å². The number of ether oxygens (including phenoxy) is 2. The Balaban J connectivity index is 1.45. The zero-order chi connectivity index (χ0) is 22.0. The minimum atomic E-state index is -0.335. The molecule has 0 spiro atoms. The molecule has 2 amide bonds. The Kier molecular flexibility index (Phi) is 5.94. The molecule has 1 saturated carbocycles. The van der Waals surface area contributed by atoms with Crippen LogP contribution in [0.15, 0.2) is 34.2 Å². The fraction of sp³-hybridized carbons (Fsp3) is 0.318. The van der Waals surface area contributed by atoms with E-state index in [2.05, 4.69) is 15.8 Å². The number of amides is 2. The van der Waals surface area contributed by atoms with Crippen molar-refractivity contribution >= 4 is 28.2 Å². The first-order chi connectivity index (χ1) is 15.0. The average Bonchev–Trinajstić information content (AvgIpc) is 3.35. The molecule has 0 unspecified atom stereocenters. The number of hydrogen-bond acceptors (Lipinski definition) is 7. The van der Waals surface area contributed by atoms with E-state index in [1.165, 1.54) is 18.4 Å². The number of carbonyl (C=O) groups excluding carboxylic acids is 2. The summed E-state index contributed by atoms with van der Waals surface area (Å²) in [6.07, 6.45) is 2.00. The van der Waals surface area contributed by atoms with E-state index in [0.717, 1.165) is 24.1 Å². The van der Waals surface area contributed by atoms with Gasteiger partial charge in [-0.1, -0.05) is 5.16 Å². The smallest absolute Gasteiger partial charge is 0.256 e. The average molecular weight is 442 g/mol. The number of methoxy groups -OCH3 is 1. The van der Waals surface area contributed by atoms with Gasteiger partial charge in [0, 0.05) is 11.6 Å². The first kappa shape index (κ1) is 20.9. The molecule has 3 aromatic rings. The van der Waals surface area contributed by atoms with E-state index in [9.17, 15) is 9.59 Å². The zero-order valence-electron chi connectivity index (χ0n) is 17.5. The monoisotopic (exact) mass is 441 g/mol. The lowest BCUT2D eigenvalue weighted by Gasteiger charge is -2.12. The predicted molar refractivity (Wildman–Crippen MR) is 116 cm³/mol. The molecule has 2 N–H and O–H groups in total. The number of nitrogens with zero attached hydrogens (tertiary/aromatic N) is 1. The van der Waals surface area contributed by atoms with Crippen molar-refractivity contribution in [2.75, 3.05) is 12.4 Å². The summed E-state index contributed by atoms with van der Waals surface area (Å²) in [4.78, 5) is 25.1. The molecule has 1 fully saturated rings. The van der Waals surface area contributed by atoms with Gasteiger partial charge >= 0.3 is 0 Å². The fourth-order valence-corrected chi connectivity index (χ4v) is 3.82. The minimum absolute atomic E-state index is 0.167. The molecule has 2 aromatic heterocycles. The molecule has 1 aliphatic rings. The lowest BCUT2D eigenvalue weighted by molar-refractivity contribution is 0.0952. The normalized spacial score (nSPS) is 13.0. The molecule has 0 atom stereocenters. The third kappa shape index (κ3) is 4.72. The second-order valence-corrected chi connectivity index (χ2v) is 8.24. The SMILES string of the molecule is COc1cc(C(=O)Nc2sccc2C(=O)NC2CC2)ccc1OCc1c(C)noc1C. The summed E-state index contributed by atoms with van der Waals surface area (Å²) in [6.45, 7) is 3.95. The molecule has 2 heterocycles. The maximum absolute atomic E-state index is 12.8. The van der Waals surface area contributed by atoms with Gasteiger partial charge in [-0.05, 0) is 56.3 Å². The van der Waals surface area contributed by atoms with Crippen LogP contribution >= 0.6 is 11.3 Å². The van der Waals surface area contributed by atoms with Crippen LogP contribution in [0.2, 0.25) is 0 Å². The van der Waals surface area contributed by atoms with Gasteiger partial charge in [0.05, 0.1) is 23.9 Å².